The van der Waals surface area contributed by atoms with Crippen LogP contribution in [0.1, 0.15) is 19.8 Å². The van der Waals surface area contributed by atoms with Crippen molar-refractivity contribution in [3.05, 3.63) is 29.4 Å². The van der Waals surface area contributed by atoms with Crippen molar-refractivity contribution in [3.63, 3.8) is 0 Å². The fourth-order valence-corrected chi connectivity index (χ4v) is 3.09. The van der Waals surface area contributed by atoms with Crippen molar-refractivity contribution in [1.82, 2.24) is 10.2 Å². The van der Waals surface area contributed by atoms with E-state index in [0.29, 0.717) is 11.1 Å². The Balaban J connectivity index is 1.90. The number of fused-ring (bicyclic) bond motifs is 1. The van der Waals surface area contributed by atoms with Crippen LogP contribution in [-0.2, 0) is 0 Å². The fraction of sp³-hybridized carbons (Fsp3) is 0.467. The number of hydrogen-bond donors (Lipinski definition) is 1. The number of aromatic nitrogens is 2. The van der Waals surface area contributed by atoms with Gasteiger partial charge in [0.15, 0.2) is 11.0 Å². The lowest BCUT2D eigenvalue weighted by Crippen LogP contribution is -2.37. The minimum Gasteiger partial charge on any atom is -0.393 e. The summed E-state index contributed by atoms with van der Waals surface area (Å²) in [5.41, 5.74) is 0. The number of rotatable bonds is 2. The van der Waals surface area contributed by atoms with Crippen molar-refractivity contribution in [2.75, 3.05) is 18.0 Å². The molecular formula is C15H18ClN3O. The minimum absolute atomic E-state index is 0.231. The molecule has 1 unspecified atom stereocenters. The van der Waals surface area contributed by atoms with Crippen molar-refractivity contribution in [2.24, 2.45) is 5.92 Å². The molecule has 1 atom stereocenters. The number of anilines is 1. The molecule has 0 amide bonds. The van der Waals surface area contributed by atoms with Gasteiger partial charge < -0.3 is 10.0 Å². The third kappa shape index (κ3) is 2.45. The molecule has 0 radical (unpaired) electrons. The first-order valence-corrected chi connectivity index (χ1v) is 7.38. The van der Waals surface area contributed by atoms with Crippen LogP contribution in [0.2, 0.25) is 5.15 Å². The van der Waals surface area contributed by atoms with Gasteiger partial charge >= 0.3 is 0 Å². The lowest BCUT2D eigenvalue weighted by Gasteiger charge is -2.34. The largest absolute Gasteiger partial charge is 0.393 e. The Labute approximate surface area is 123 Å². The van der Waals surface area contributed by atoms with E-state index in [1.54, 1.807) is 0 Å². The van der Waals surface area contributed by atoms with Crippen molar-refractivity contribution in [1.29, 1.82) is 0 Å². The summed E-state index contributed by atoms with van der Waals surface area (Å²) in [5, 5.41) is 20.5. The molecule has 1 saturated heterocycles. The zero-order chi connectivity index (χ0) is 14.1. The van der Waals surface area contributed by atoms with Gasteiger partial charge in [-0.05, 0) is 25.7 Å². The van der Waals surface area contributed by atoms with E-state index >= 15 is 0 Å². The molecule has 2 aromatic rings. The van der Waals surface area contributed by atoms with E-state index in [1.165, 1.54) is 0 Å². The molecule has 0 spiro atoms. The van der Waals surface area contributed by atoms with Crippen LogP contribution in [-0.4, -0.2) is 34.5 Å². The second kappa shape index (κ2) is 5.54. The first kappa shape index (κ1) is 13.6. The van der Waals surface area contributed by atoms with Crippen LogP contribution >= 0.6 is 11.6 Å². The van der Waals surface area contributed by atoms with E-state index in [0.717, 1.165) is 42.5 Å². The summed E-state index contributed by atoms with van der Waals surface area (Å²) < 4.78 is 0. The molecule has 1 aliphatic heterocycles. The van der Waals surface area contributed by atoms with Crippen molar-refractivity contribution in [2.45, 2.75) is 25.9 Å². The Morgan fingerprint density at radius 3 is 2.50 bits per heavy atom. The molecule has 1 fully saturated rings. The smallest absolute Gasteiger partial charge is 0.159 e. The van der Waals surface area contributed by atoms with Gasteiger partial charge in [-0.1, -0.05) is 35.9 Å². The van der Waals surface area contributed by atoms with Crippen molar-refractivity contribution < 1.29 is 5.11 Å². The monoisotopic (exact) mass is 291 g/mol. The van der Waals surface area contributed by atoms with Crippen LogP contribution in [0.4, 0.5) is 5.82 Å². The summed E-state index contributed by atoms with van der Waals surface area (Å²) in [4.78, 5) is 2.24. The molecular weight excluding hydrogens is 274 g/mol. The van der Waals surface area contributed by atoms with Gasteiger partial charge in [0.05, 0.1) is 6.10 Å². The molecule has 1 N–H and O–H groups in total. The normalized spacial score (nSPS) is 18.4. The number of hydrogen-bond acceptors (Lipinski definition) is 4. The number of aliphatic hydroxyl groups is 1. The first-order valence-electron chi connectivity index (χ1n) is 7.00. The number of benzene rings is 1. The highest BCUT2D eigenvalue weighted by atomic mass is 35.5. The van der Waals surface area contributed by atoms with Crippen LogP contribution in [0.3, 0.4) is 0 Å². The first-order chi connectivity index (χ1) is 9.66. The van der Waals surface area contributed by atoms with E-state index in [-0.39, 0.29) is 6.10 Å². The van der Waals surface area contributed by atoms with Crippen molar-refractivity contribution in [3.8, 4) is 0 Å². The van der Waals surface area contributed by atoms with Gasteiger partial charge in [0.1, 0.15) is 0 Å². The lowest BCUT2D eigenvalue weighted by atomic mass is 9.92. The van der Waals surface area contributed by atoms with Gasteiger partial charge in [-0.3, -0.25) is 0 Å². The quantitative estimate of drug-likeness (QED) is 0.924. The predicted octanol–water partition coefficient (Wildman–Crippen LogP) is 2.88. The highest BCUT2D eigenvalue weighted by molar-refractivity contribution is 6.34. The van der Waals surface area contributed by atoms with Gasteiger partial charge in [0, 0.05) is 23.9 Å². The molecule has 4 nitrogen and oxygen atoms in total. The van der Waals surface area contributed by atoms with Gasteiger partial charge in [-0.25, -0.2) is 0 Å². The lowest BCUT2D eigenvalue weighted by molar-refractivity contribution is 0.110. The van der Waals surface area contributed by atoms with Crippen LogP contribution in [0.5, 0.6) is 0 Å². The maximum atomic E-state index is 9.68. The molecule has 20 heavy (non-hydrogen) atoms. The molecule has 0 saturated carbocycles. The Morgan fingerprint density at radius 1 is 1.20 bits per heavy atom. The Kier molecular flexibility index (Phi) is 3.76. The topological polar surface area (TPSA) is 49.2 Å². The predicted molar refractivity (Wildman–Crippen MR) is 81.2 cm³/mol. The van der Waals surface area contributed by atoms with Crippen LogP contribution < -0.4 is 4.90 Å². The zero-order valence-corrected chi connectivity index (χ0v) is 12.2. The van der Waals surface area contributed by atoms with Gasteiger partial charge in [0.25, 0.3) is 0 Å². The maximum Gasteiger partial charge on any atom is 0.159 e. The molecule has 1 aromatic carbocycles. The van der Waals surface area contributed by atoms with Crippen LogP contribution in [0.15, 0.2) is 24.3 Å². The van der Waals surface area contributed by atoms with E-state index < -0.39 is 0 Å². The molecule has 1 aliphatic rings. The van der Waals surface area contributed by atoms with Gasteiger partial charge in [-0.15, -0.1) is 10.2 Å². The van der Waals surface area contributed by atoms with E-state index in [2.05, 4.69) is 15.1 Å². The van der Waals surface area contributed by atoms with E-state index in [1.807, 2.05) is 31.2 Å². The molecule has 0 bridgehead atoms. The molecule has 3 rings (SSSR count). The SMILES string of the molecule is CC(O)C1CCN(c2nnc(Cl)c3ccccc23)CC1. The number of halogens is 1. The molecule has 1 aromatic heterocycles. The summed E-state index contributed by atoms with van der Waals surface area (Å²) in [5.74, 6) is 1.28. The molecule has 0 aliphatic carbocycles. The minimum atomic E-state index is -0.231. The number of nitrogens with zero attached hydrogens (tertiary/aromatic N) is 3. The van der Waals surface area contributed by atoms with Gasteiger partial charge in [0.2, 0.25) is 0 Å². The molecule has 2 heterocycles. The number of aliphatic hydroxyl groups excluding tert-OH is 1. The maximum absolute atomic E-state index is 9.68. The summed E-state index contributed by atoms with van der Waals surface area (Å²) in [7, 11) is 0. The average Bonchev–Trinajstić information content (AvgIpc) is 2.48. The Hall–Kier alpha value is -1.39. The van der Waals surface area contributed by atoms with Crippen LogP contribution in [0, 0.1) is 5.92 Å². The fourth-order valence-electron chi connectivity index (χ4n) is 2.88. The highest BCUT2D eigenvalue weighted by Crippen LogP contribution is 2.31. The van der Waals surface area contributed by atoms with Crippen molar-refractivity contribution >= 4 is 28.2 Å². The number of piperidine rings is 1. The molecule has 106 valence electrons. The third-order valence-electron chi connectivity index (χ3n) is 4.14. The molecule has 5 heteroatoms. The second-order valence-corrected chi connectivity index (χ2v) is 5.78. The average molecular weight is 292 g/mol. The Morgan fingerprint density at radius 2 is 1.85 bits per heavy atom. The summed E-state index contributed by atoms with van der Waals surface area (Å²) in [6.07, 6.45) is 1.73. The third-order valence-corrected chi connectivity index (χ3v) is 4.42. The highest BCUT2D eigenvalue weighted by Gasteiger charge is 2.24. The summed E-state index contributed by atoms with van der Waals surface area (Å²) in [6.45, 7) is 3.67. The Bertz CT molecular complexity index is 609. The zero-order valence-electron chi connectivity index (χ0n) is 11.5. The second-order valence-electron chi connectivity index (χ2n) is 5.43. The summed E-state index contributed by atoms with van der Waals surface area (Å²) >= 11 is 6.11. The standard InChI is InChI=1S/C15H18ClN3O/c1-10(20)11-6-8-19(9-7-11)15-13-5-3-2-4-12(13)14(16)17-18-15/h2-5,10-11,20H,6-9H2,1H3. The van der Waals surface area contributed by atoms with Gasteiger partial charge in [-0.2, -0.15) is 0 Å². The van der Waals surface area contributed by atoms with E-state index in [4.69, 9.17) is 11.6 Å². The summed E-state index contributed by atoms with van der Waals surface area (Å²) in [6, 6.07) is 7.95. The van der Waals surface area contributed by atoms with E-state index in [9.17, 15) is 5.11 Å². The van der Waals surface area contributed by atoms with Crippen LogP contribution in [0.25, 0.3) is 10.8 Å².